The van der Waals surface area contributed by atoms with Gasteiger partial charge in [0.2, 0.25) is 0 Å². The molecule has 2 rings (SSSR count). The number of hydrogen-bond acceptors (Lipinski definition) is 1. The highest BCUT2D eigenvalue weighted by Crippen LogP contribution is 2.37. The molecule has 0 spiro atoms. The molecule has 1 saturated carbocycles. The quantitative estimate of drug-likeness (QED) is 0.830. The molecular weight excluding hydrogens is 208 g/mol. The smallest absolute Gasteiger partial charge is 0.129 e. The predicted molar refractivity (Wildman–Crippen MR) is 60.2 cm³/mol. The van der Waals surface area contributed by atoms with Crippen LogP contribution in [0.3, 0.4) is 0 Å². The van der Waals surface area contributed by atoms with Crippen LogP contribution in [0.5, 0.6) is 0 Å². The van der Waals surface area contributed by atoms with Gasteiger partial charge >= 0.3 is 0 Å². The van der Waals surface area contributed by atoms with Crippen LogP contribution < -0.4 is 5.32 Å². The van der Waals surface area contributed by atoms with Crippen molar-refractivity contribution in [3.05, 3.63) is 35.4 Å². The second-order valence-electron chi connectivity index (χ2n) is 4.56. The van der Waals surface area contributed by atoms with Gasteiger partial charge in [-0.2, -0.15) is 0 Å². The SMILES string of the molecule is CNCC1CCC1Cc1c(F)cccc1F. The third kappa shape index (κ3) is 2.24. The Morgan fingerprint density at radius 2 is 1.81 bits per heavy atom. The molecule has 1 fully saturated rings. The van der Waals surface area contributed by atoms with E-state index in [1.54, 1.807) is 0 Å². The molecule has 1 aliphatic rings. The molecule has 1 aliphatic carbocycles. The Kier molecular flexibility index (Phi) is 3.54. The molecule has 0 aliphatic heterocycles. The van der Waals surface area contributed by atoms with E-state index in [2.05, 4.69) is 5.32 Å². The zero-order valence-corrected chi connectivity index (χ0v) is 9.47. The fourth-order valence-corrected chi connectivity index (χ4v) is 2.43. The van der Waals surface area contributed by atoms with Crippen LogP contribution in [0.4, 0.5) is 8.78 Å². The van der Waals surface area contributed by atoms with E-state index < -0.39 is 11.6 Å². The van der Waals surface area contributed by atoms with E-state index in [1.165, 1.54) is 24.6 Å². The third-order valence-corrected chi connectivity index (χ3v) is 3.57. The molecule has 1 aromatic rings. The Morgan fingerprint density at radius 1 is 1.19 bits per heavy atom. The van der Waals surface area contributed by atoms with Crippen molar-refractivity contribution in [3.8, 4) is 0 Å². The normalized spacial score (nSPS) is 24.2. The van der Waals surface area contributed by atoms with E-state index in [0.717, 1.165) is 13.0 Å². The number of benzene rings is 1. The number of nitrogens with one attached hydrogen (secondary N) is 1. The topological polar surface area (TPSA) is 12.0 Å². The minimum atomic E-state index is -0.407. The Bertz CT molecular complexity index is 345. The molecule has 0 amide bonds. The summed E-state index contributed by atoms with van der Waals surface area (Å²) in [5.74, 6) is 0.188. The molecule has 1 nitrogen and oxygen atoms in total. The van der Waals surface area contributed by atoms with Gasteiger partial charge in [0.1, 0.15) is 11.6 Å². The summed E-state index contributed by atoms with van der Waals surface area (Å²) in [6.45, 7) is 0.945. The lowest BCUT2D eigenvalue weighted by Crippen LogP contribution is -2.35. The van der Waals surface area contributed by atoms with Crippen molar-refractivity contribution in [3.63, 3.8) is 0 Å². The summed E-state index contributed by atoms with van der Waals surface area (Å²) in [6.07, 6.45) is 2.78. The average molecular weight is 225 g/mol. The Balaban J connectivity index is 2.04. The molecule has 2 atom stereocenters. The number of hydrogen-bond donors (Lipinski definition) is 1. The summed E-state index contributed by atoms with van der Waals surface area (Å²) in [7, 11) is 1.92. The first kappa shape index (κ1) is 11.5. The van der Waals surface area contributed by atoms with E-state index in [4.69, 9.17) is 0 Å². The fraction of sp³-hybridized carbons (Fsp3) is 0.538. The summed E-state index contributed by atoms with van der Waals surface area (Å²) in [5, 5.41) is 3.13. The van der Waals surface area contributed by atoms with Gasteiger partial charge in [-0.3, -0.25) is 0 Å². The van der Waals surface area contributed by atoms with Crippen molar-refractivity contribution in [2.75, 3.05) is 13.6 Å². The maximum atomic E-state index is 13.4. The molecule has 0 heterocycles. The zero-order valence-electron chi connectivity index (χ0n) is 9.47. The molecule has 0 aromatic heterocycles. The molecule has 16 heavy (non-hydrogen) atoms. The van der Waals surface area contributed by atoms with Gasteiger partial charge in [-0.05, 0) is 56.8 Å². The van der Waals surface area contributed by atoms with Crippen molar-refractivity contribution in [2.45, 2.75) is 19.3 Å². The second-order valence-corrected chi connectivity index (χ2v) is 4.56. The minimum Gasteiger partial charge on any atom is -0.319 e. The molecular formula is C13H17F2N. The highest BCUT2D eigenvalue weighted by atomic mass is 19.1. The standard InChI is InChI=1S/C13H17F2N/c1-16-8-10-6-5-9(10)7-11-12(14)3-2-4-13(11)15/h2-4,9-10,16H,5-8H2,1H3. The lowest BCUT2D eigenvalue weighted by Gasteiger charge is -2.36. The lowest BCUT2D eigenvalue weighted by atomic mass is 9.70. The highest BCUT2D eigenvalue weighted by molar-refractivity contribution is 5.20. The number of halogens is 2. The molecule has 1 N–H and O–H groups in total. The van der Waals surface area contributed by atoms with E-state index in [9.17, 15) is 8.78 Å². The van der Waals surface area contributed by atoms with Crippen molar-refractivity contribution in [2.24, 2.45) is 11.8 Å². The van der Waals surface area contributed by atoms with Gasteiger partial charge in [0, 0.05) is 5.56 Å². The summed E-state index contributed by atoms with van der Waals surface area (Å²) < 4.78 is 26.9. The number of rotatable bonds is 4. The molecule has 1 aromatic carbocycles. The third-order valence-electron chi connectivity index (χ3n) is 3.57. The first-order valence-electron chi connectivity index (χ1n) is 5.80. The van der Waals surface area contributed by atoms with Crippen LogP contribution in [-0.2, 0) is 6.42 Å². The van der Waals surface area contributed by atoms with Gasteiger partial charge in [0.15, 0.2) is 0 Å². The first-order valence-corrected chi connectivity index (χ1v) is 5.80. The lowest BCUT2D eigenvalue weighted by molar-refractivity contribution is 0.171. The van der Waals surface area contributed by atoms with Gasteiger partial charge in [-0.25, -0.2) is 8.78 Å². The van der Waals surface area contributed by atoms with Crippen LogP contribution >= 0.6 is 0 Å². The monoisotopic (exact) mass is 225 g/mol. The summed E-state index contributed by atoms with van der Waals surface area (Å²) in [4.78, 5) is 0. The molecule has 2 unspecified atom stereocenters. The van der Waals surface area contributed by atoms with Gasteiger partial charge in [-0.1, -0.05) is 6.07 Å². The van der Waals surface area contributed by atoms with Crippen LogP contribution in [-0.4, -0.2) is 13.6 Å². The van der Waals surface area contributed by atoms with E-state index >= 15 is 0 Å². The Labute approximate surface area is 94.9 Å². The van der Waals surface area contributed by atoms with Crippen LogP contribution in [0, 0.1) is 23.5 Å². The second kappa shape index (κ2) is 4.91. The van der Waals surface area contributed by atoms with Crippen molar-refractivity contribution < 1.29 is 8.78 Å². The van der Waals surface area contributed by atoms with Crippen molar-refractivity contribution in [1.82, 2.24) is 5.32 Å². The van der Waals surface area contributed by atoms with E-state index in [-0.39, 0.29) is 5.56 Å². The maximum absolute atomic E-state index is 13.4. The molecule has 0 bridgehead atoms. The summed E-state index contributed by atoms with van der Waals surface area (Å²) in [5.41, 5.74) is 0.258. The molecule has 0 saturated heterocycles. The van der Waals surface area contributed by atoms with Gasteiger partial charge in [0.05, 0.1) is 0 Å². The molecule has 88 valence electrons. The predicted octanol–water partition coefficient (Wildman–Crippen LogP) is 2.75. The van der Waals surface area contributed by atoms with Gasteiger partial charge in [0.25, 0.3) is 0 Å². The first-order chi connectivity index (χ1) is 7.72. The van der Waals surface area contributed by atoms with Crippen LogP contribution in [0.2, 0.25) is 0 Å². The summed E-state index contributed by atoms with van der Waals surface area (Å²) in [6, 6.07) is 4.09. The zero-order chi connectivity index (χ0) is 11.5. The largest absolute Gasteiger partial charge is 0.319 e. The Hall–Kier alpha value is -0.960. The van der Waals surface area contributed by atoms with Gasteiger partial charge in [-0.15, -0.1) is 0 Å². The Morgan fingerprint density at radius 3 is 2.31 bits per heavy atom. The highest BCUT2D eigenvalue weighted by Gasteiger charge is 2.31. The maximum Gasteiger partial charge on any atom is 0.129 e. The molecule has 0 radical (unpaired) electrons. The minimum absolute atomic E-state index is 0.258. The average Bonchev–Trinajstić information content (AvgIpc) is 2.24. The van der Waals surface area contributed by atoms with Crippen molar-refractivity contribution in [1.29, 1.82) is 0 Å². The van der Waals surface area contributed by atoms with Crippen LogP contribution in [0.25, 0.3) is 0 Å². The van der Waals surface area contributed by atoms with E-state index in [0.29, 0.717) is 18.3 Å². The van der Waals surface area contributed by atoms with Crippen LogP contribution in [0.15, 0.2) is 18.2 Å². The van der Waals surface area contributed by atoms with Crippen LogP contribution in [0.1, 0.15) is 18.4 Å². The van der Waals surface area contributed by atoms with E-state index in [1.807, 2.05) is 7.05 Å². The fourth-order valence-electron chi connectivity index (χ4n) is 2.43. The van der Waals surface area contributed by atoms with Crippen molar-refractivity contribution >= 4 is 0 Å². The molecule has 3 heteroatoms. The summed E-state index contributed by atoms with van der Waals surface area (Å²) >= 11 is 0. The van der Waals surface area contributed by atoms with Gasteiger partial charge < -0.3 is 5.32 Å².